The number of carbonyl (C=O) groups is 1. The average molecular weight is 314 g/mol. The highest BCUT2D eigenvalue weighted by Crippen LogP contribution is 2.30. The van der Waals surface area contributed by atoms with Crippen LogP contribution in [0, 0.1) is 0 Å². The van der Waals surface area contributed by atoms with Crippen LogP contribution in [0.4, 0.5) is 18.9 Å². The molecule has 0 aliphatic heterocycles. The molecule has 2 nitrogen and oxygen atoms in total. The van der Waals surface area contributed by atoms with E-state index in [2.05, 4.69) is 5.32 Å². The highest BCUT2D eigenvalue weighted by atomic mass is 35.5. The second-order valence-corrected chi connectivity index (χ2v) is 4.77. The van der Waals surface area contributed by atoms with E-state index in [0.29, 0.717) is 5.56 Å². The summed E-state index contributed by atoms with van der Waals surface area (Å²) in [4.78, 5) is 11.9. The van der Waals surface area contributed by atoms with Gasteiger partial charge < -0.3 is 5.32 Å². The van der Waals surface area contributed by atoms with Gasteiger partial charge in [0, 0.05) is 5.69 Å². The first-order chi connectivity index (χ1) is 9.88. The maximum Gasteiger partial charge on any atom is 0.416 e. The number of halogens is 4. The van der Waals surface area contributed by atoms with E-state index in [4.69, 9.17) is 11.6 Å². The summed E-state index contributed by atoms with van der Waals surface area (Å²) in [6.45, 7) is 0. The van der Waals surface area contributed by atoms with Gasteiger partial charge in [0.15, 0.2) is 0 Å². The number of amides is 1. The molecule has 2 aromatic rings. The molecule has 0 bridgehead atoms. The third-order valence-corrected chi connectivity index (χ3v) is 3.25. The van der Waals surface area contributed by atoms with Crippen molar-refractivity contribution >= 4 is 23.2 Å². The van der Waals surface area contributed by atoms with Crippen LogP contribution in [-0.2, 0) is 11.0 Å². The minimum absolute atomic E-state index is 0.259. The van der Waals surface area contributed by atoms with Crippen LogP contribution in [0.15, 0.2) is 54.6 Å². The molecule has 0 radical (unpaired) electrons. The van der Waals surface area contributed by atoms with Crippen molar-refractivity contribution < 1.29 is 18.0 Å². The molecule has 0 heterocycles. The monoisotopic (exact) mass is 313 g/mol. The zero-order valence-electron chi connectivity index (χ0n) is 10.7. The molecule has 0 aliphatic rings. The van der Waals surface area contributed by atoms with Crippen molar-refractivity contribution in [1.29, 1.82) is 0 Å². The van der Waals surface area contributed by atoms with Gasteiger partial charge in [-0.2, -0.15) is 13.2 Å². The summed E-state index contributed by atoms with van der Waals surface area (Å²) >= 11 is 6.02. The Hall–Kier alpha value is -2.01. The third-order valence-electron chi connectivity index (χ3n) is 2.80. The van der Waals surface area contributed by atoms with E-state index in [0.717, 1.165) is 12.1 Å². The van der Waals surface area contributed by atoms with E-state index in [1.54, 1.807) is 30.3 Å². The van der Waals surface area contributed by atoms with Gasteiger partial charge in [-0.3, -0.25) is 4.79 Å². The molecule has 0 spiro atoms. The van der Waals surface area contributed by atoms with Crippen molar-refractivity contribution in [3.8, 4) is 0 Å². The van der Waals surface area contributed by atoms with Crippen molar-refractivity contribution in [1.82, 2.24) is 0 Å². The van der Waals surface area contributed by atoms with Gasteiger partial charge in [0.1, 0.15) is 5.38 Å². The molecule has 1 atom stereocenters. The van der Waals surface area contributed by atoms with Crippen molar-refractivity contribution in [2.24, 2.45) is 0 Å². The zero-order valence-corrected chi connectivity index (χ0v) is 11.4. The Morgan fingerprint density at radius 1 is 1.00 bits per heavy atom. The maximum absolute atomic E-state index is 12.4. The molecule has 2 aromatic carbocycles. The van der Waals surface area contributed by atoms with Crippen LogP contribution in [0.3, 0.4) is 0 Å². The van der Waals surface area contributed by atoms with Gasteiger partial charge in [0.05, 0.1) is 5.56 Å². The summed E-state index contributed by atoms with van der Waals surface area (Å²) in [5.41, 5.74) is 0.101. The lowest BCUT2D eigenvalue weighted by Crippen LogP contribution is -2.17. The van der Waals surface area contributed by atoms with Crippen molar-refractivity contribution in [3.63, 3.8) is 0 Å². The van der Waals surface area contributed by atoms with E-state index in [1.807, 2.05) is 0 Å². The summed E-state index contributed by atoms with van der Waals surface area (Å²) in [5.74, 6) is -0.498. The number of carbonyl (C=O) groups excluding carboxylic acids is 1. The second kappa shape index (κ2) is 6.18. The molecular formula is C15H11ClF3NO. The van der Waals surface area contributed by atoms with Crippen LogP contribution in [0.5, 0.6) is 0 Å². The Labute approximate surface area is 124 Å². The van der Waals surface area contributed by atoms with Gasteiger partial charge in [0.2, 0.25) is 5.91 Å². The van der Waals surface area contributed by atoms with Gasteiger partial charge >= 0.3 is 6.18 Å². The quantitative estimate of drug-likeness (QED) is 0.823. The molecule has 110 valence electrons. The number of benzene rings is 2. The van der Waals surface area contributed by atoms with Crippen LogP contribution < -0.4 is 5.32 Å². The van der Waals surface area contributed by atoms with Crippen molar-refractivity contribution in [3.05, 3.63) is 65.7 Å². The van der Waals surface area contributed by atoms with E-state index < -0.39 is 23.0 Å². The number of hydrogen-bond acceptors (Lipinski definition) is 1. The fourth-order valence-electron chi connectivity index (χ4n) is 1.72. The zero-order chi connectivity index (χ0) is 15.5. The second-order valence-electron chi connectivity index (χ2n) is 4.34. The van der Waals surface area contributed by atoms with Crippen LogP contribution in [-0.4, -0.2) is 5.91 Å². The Morgan fingerprint density at radius 2 is 1.57 bits per heavy atom. The fourth-order valence-corrected chi connectivity index (χ4v) is 1.92. The number of nitrogens with one attached hydrogen (secondary N) is 1. The highest BCUT2D eigenvalue weighted by molar-refractivity contribution is 6.32. The number of rotatable bonds is 3. The molecular weight excluding hydrogens is 303 g/mol. The van der Waals surface area contributed by atoms with E-state index >= 15 is 0 Å². The predicted octanol–water partition coefficient (Wildman–Crippen LogP) is 4.62. The molecule has 1 amide bonds. The predicted molar refractivity (Wildman–Crippen MR) is 75.1 cm³/mol. The Bertz CT molecular complexity index is 611. The fraction of sp³-hybridized carbons (Fsp3) is 0.133. The van der Waals surface area contributed by atoms with E-state index in [1.165, 1.54) is 12.1 Å². The molecule has 1 unspecified atom stereocenters. The van der Waals surface area contributed by atoms with Crippen LogP contribution in [0.25, 0.3) is 0 Å². The summed E-state index contributed by atoms with van der Waals surface area (Å²) in [5, 5.41) is 1.57. The van der Waals surface area contributed by atoms with Gasteiger partial charge in [-0.25, -0.2) is 0 Å². The first-order valence-corrected chi connectivity index (χ1v) is 6.49. The molecule has 0 fully saturated rings. The molecule has 6 heteroatoms. The minimum atomic E-state index is -4.40. The first kappa shape index (κ1) is 15.4. The summed E-state index contributed by atoms with van der Waals surface area (Å²) in [7, 11) is 0. The van der Waals surface area contributed by atoms with Gasteiger partial charge in [-0.1, -0.05) is 30.3 Å². The normalized spacial score (nSPS) is 12.8. The summed E-state index contributed by atoms with van der Waals surface area (Å²) < 4.78 is 37.3. The largest absolute Gasteiger partial charge is 0.416 e. The SMILES string of the molecule is O=C(Nc1ccc(C(F)(F)F)cc1)C(Cl)c1ccccc1. The standard InChI is InChI=1S/C15H11ClF3NO/c16-13(10-4-2-1-3-5-10)14(21)20-12-8-6-11(7-9-12)15(17,18)19/h1-9,13H,(H,20,21). The smallest absolute Gasteiger partial charge is 0.325 e. The molecule has 2 rings (SSSR count). The van der Waals surface area contributed by atoms with Gasteiger partial charge in [0.25, 0.3) is 0 Å². The highest BCUT2D eigenvalue weighted by Gasteiger charge is 2.30. The van der Waals surface area contributed by atoms with E-state index in [-0.39, 0.29) is 5.69 Å². The molecule has 0 aliphatic carbocycles. The molecule has 0 saturated carbocycles. The van der Waals surface area contributed by atoms with Crippen LogP contribution in [0.2, 0.25) is 0 Å². The lowest BCUT2D eigenvalue weighted by Gasteiger charge is -2.12. The molecule has 21 heavy (non-hydrogen) atoms. The third kappa shape index (κ3) is 3.98. The topological polar surface area (TPSA) is 29.1 Å². The lowest BCUT2D eigenvalue weighted by atomic mass is 10.1. The Balaban J connectivity index is 2.06. The van der Waals surface area contributed by atoms with E-state index in [9.17, 15) is 18.0 Å². The number of anilines is 1. The molecule has 1 N–H and O–H groups in total. The average Bonchev–Trinajstić information content (AvgIpc) is 2.47. The van der Waals surface area contributed by atoms with Gasteiger partial charge in [-0.15, -0.1) is 11.6 Å². The number of hydrogen-bond donors (Lipinski definition) is 1. The van der Waals surface area contributed by atoms with Gasteiger partial charge in [-0.05, 0) is 29.8 Å². The molecule has 0 saturated heterocycles. The Kier molecular flexibility index (Phi) is 4.53. The van der Waals surface area contributed by atoms with Crippen molar-refractivity contribution in [2.75, 3.05) is 5.32 Å². The Morgan fingerprint density at radius 3 is 2.10 bits per heavy atom. The lowest BCUT2D eigenvalue weighted by molar-refractivity contribution is -0.137. The maximum atomic E-state index is 12.4. The first-order valence-electron chi connectivity index (χ1n) is 6.05. The summed E-state index contributed by atoms with van der Waals surface area (Å²) in [6.07, 6.45) is -4.40. The van der Waals surface area contributed by atoms with Crippen molar-refractivity contribution in [2.45, 2.75) is 11.6 Å². The van der Waals surface area contributed by atoms with Crippen LogP contribution >= 0.6 is 11.6 Å². The molecule has 0 aromatic heterocycles. The summed E-state index contributed by atoms with van der Waals surface area (Å²) in [6, 6.07) is 12.9. The van der Waals surface area contributed by atoms with Crippen LogP contribution in [0.1, 0.15) is 16.5 Å². The number of alkyl halides is 4. The minimum Gasteiger partial charge on any atom is -0.325 e.